The molecule has 2 fully saturated rings. The molecule has 32 heavy (non-hydrogen) atoms. The van der Waals surface area contributed by atoms with Gasteiger partial charge in [0, 0.05) is 42.4 Å². The summed E-state index contributed by atoms with van der Waals surface area (Å²) in [5, 5.41) is 13.2. The Hall–Kier alpha value is -3.53. The maximum absolute atomic E-state index is 12.6. The largest absolute Gasteiger partial charge is 0.383 e. The quantitative estimate of drug-likeness (QED) is 0.462. The summed E-state index contributed by atoms with van der Waals surface area (Å²) < 4.78 is 1.53. The number of carbonyl (C=O) groups excluding carboxylic acids is 2. The van der Waals surface area contributed by atoms with Crippen LogP contribution in [0.5, 0.6) is 0 Å². The van der Waals surface area contributed by atoms with Crippen LogP contribution in [-0.2, 0) is 0 Å². The van der Waals surface area contributed by atoms with Crippen molar-refractivity contribution >= 4 is 29.1 Å². The second kappa shape index (κ2) is 7.86. The van der Waals surface area contributed by atoms with Gasteiger partial charge in [-0.05, 0) is 44.7 Å². The molecule has 0 saturated carbocycles. The number of pyridine rings is 1. The molecular weight excluding hydrogens is 408 g/mol. The Morgan fingerprint density at radius 2 is 1.94 bits per heavy atom. The number of nitrogens with zero attached hydrogens (tertiary/aromatic N) is 4. The van der Waals surface area contributed by atoms with Crippen molar-refractivity contribution in [3.63, 3.8) is 0 Å². The Kier molecular flexibility index (Phi) is 5.01. The lowest BCUT2D eigenvalue weighted by atomic mass is 9.86. The van der Waals surface area contributed by atoms with Gasteiger partial charge in [0.25, 0.3) is 0 Å². The molecule has 3 aromatic rings. The summed E-state index contributed by atoms with van der Waals surface area (Å²) in [7, 11) is 1.54. The third-order valence-corrected chi connectivity index (χ3v) is 6.47. The van der Waals surface area contributed by atoms with Crippen LogP contribution < -0.4 is 21.7 Å². The van der Waals surface area contributed by atoms with E-state index in [4.69, 9.17) is 10.7 Å². The lowest BCUT2D eigenvalue weighted by Crippen LogP contribution is -2.38. The lowest BCUT2D eigenvalue weighted by Gasteiger charge is -2.30. The monoisotopic (exact) mass is 434 g/mol. The van der Waals surface area contributed by atoms with Gasteiger partial charge in [0.2, 0.25) is 0 Å². The summed E-state index contributed by atoms with van der Waals surface area (Å²) in [5.41, 5.74) is 9.86. The van der Waals surface area contributed by atoms with E-state index in [1.54, 1.807) is 25.5 Å². The summed E-state index contributed by atoms with van der Waals surface area (Å²) in [6, 6.07) is 4.15. The second-order valence-electron chi connectivity index (χ2n) is 8.55. The normalized spacial score (nSPS) is 22.1. The van der Waals surface area contributed by atoms with Crippen molar-refractivity contribution in [1.29, 1.82) is 0 Å². The van der Waals surface area contributed by atoms with Crippen LogP contribution in [0.1, 0.15) is 54.6 Å². The van der Waals surface area contributed by atoms with Crippen LogP contribution in [-0.4, -0.2) is 50.5 Å². The Balaban J connectivity index is 1.58. The second-order valence-corrected chi connectivity index (χ2v) is 8.55. The van der Waals surface area contributed by atoms with Gasteiger partial charge < -0.3 is 16.4 Å². The molecule has 2 saturated heterocycles. The number of Topliss-reactive ketones (excluding diaryl/α,β-unsaturated/α-hetero) is 1. The van der Waals surface area contributed by atoms with E-state index < -0.39 is 0 Å². The maximum Gasteiger partial charge on any atom is 0.320 e. The van der Waals surface area contributed by atoms with Crippen molar-refractivity contribution in [2.75, 3.05) is 18.1 Å². The van der Waals surface area contributed by atoms with Crippen molar-refractivity contribution in [1.82, 2.24) is 30.2 Å². The number of nitrogen functional groups attached to an aromatic ring is 1. The molecule has 5 N–H and O–H groups in total. The fraction of sp³-hybridized carbons (Fsp3) is 0.409. The number of hydrogen-bond donors (Lipinski definition) is 4. The fourth-order valence-electron chi connectivity index (χ4n) is 4.98. The van der Waals surface area contributed by atoms with Crippen LogP contribution in [0.2, 0.25) is 0 Å². The highest BCUT2D eigenvalue weighted by molar-refractivity contribution is 6.00. The van der Waals surface area contributed by atoms with Crippen LogP contribution in [0.4, 0.5) is 16.4 Å². The number of piperidine rings is 1. The third kappa shape index (κ3) is 3.46. The molecule has 2 amide bonds. The number of nitrogens with two attached hydrogens (primary N) is 1. The van der Waals surface area contributed by atoms with Crippen LogP contribution >= 0.6 is 0 Å². The first-order valence-electron chi connectivity index (χ1n) is 10.8. The molecule has 2 unspecified atom stereocenters. The molecule has 0 spiro atoms. The molecule has 5 rings (SSSR count). The molecule has 2 bridgehead atoms. The van der Waals surface area contributed by atoms with Gasteiger partial charge in [0.15, 0.2) is 11.4 Å². The number of rotatable bonds is 4. The molecule has 10 heteroatoms. The molecule has 2 aliphatic heterocycles. The van der Waals surface area contributed by atoms with Crippen LogP contribution in [0, 0.1) is 0 Å². The molecular formula is C22H26N8O2. The summed E-state index contributed by atoms with van der Waals surface area (Å²) in [5.74, 6) is 0.836. The van der Waals surface area contributed by atoms with Crippen molar-refractivity contribution in [3.8, 4) is 11.1 Å². The van der Waals surface area contributed by atoms with Crippen molar-refractivity contribution < 1.29 is 9.59 Å². The van der Waals surface area contributed by atoms with E-state index in [9.17, 15) is 9.59 Å². The van der Waals surface area contributed by atoms with E-state index in [1.807, 2.05) is 6.07 Å². The number of fused-ring (bicyclic) bond motifs is 3. The Labute approximate surface area is 185 Å². The van der Waals surface area contributed by atoms with Gasteiger partial charge >= 0.3 is 6.03 Å². The van der Waals surface area contributed by atoms with Gasteiger partial charge in [-0.25, -0.2) is 14.8 Å². The fourth-order valence-corrected chi connectivity index (χ4v) is 4.98. The first-order chi connectivity index (χ1) is 15.4. The smallest absolute Gasteiger partial charge is 0.320 e. The summed E-state index contributed by atoms with van der Waals surface area (Å²) >= 11 is 0. The maximum atomic E-state index is 12.6. The van der Waals surface area contributed by atoms with Crippen LogP contribution in [0.15, 0.2) is 24.5 Å². The molecule has 0 aromatic carbocycles. The highest BCUT2D eigenvalue weighted by Crippen LogP contribution is 2.39. The zero-order chi connectivity index (χ0) is 22.4. The highest BCUT2D eigenvalue weighted by Gasteiger charge is 2.37. The Bertz CT molecular complexity index is 1190. The molecule has 2 aliphatic rings. The van der Waals surface area contributed by atoms with Gasteiger partial charge in [-0.3, -0.25) is 10.1 Å². The van der Waals surface area contributed by atoms with E-state index in [1.165, 1.54) is 11.4 Å². The van der Waals surface area contributed by atoms with Gasteiger partial charge in [-0.2, -0.15) is 9.61 Å². The Morgan fingerprint density at radius 3 is 2.56 bits per heavy atom. The average molecular weight is 435 g/mol. The number of urea groups is 1. The van der Waals surface area contributed by atoms with E-state index in [0.29, 0.717) is 34.9 Å². The SMILES string of the molecule is CNC(=O)Nc1ccc(-c2cnn3c(N)c(C(C)=O)c(C4CC5CCC(C4)N5)nc23)cn1. The summed E-state index contributed by atoms with van der Waals surface area (Å²) in [6.07, 6.45) is 7.56. The minimum absolute atomic E-state index is 0.0962. The van der Waals surface area contributed by atoms with E-state index in [-0.39, 0.29) is 17.7 Å². The topological polar surface area (TPSA) is 139 Å². The third-order valence-electron chi connectivity index (χ3n) is 6.47. The number of carbonyl (C=O) groups is 2. The minimum atomic E-state index is -0.340. The zero-order valence-corrected chi connectivity index (χ0v) is 18.1. The first-order valence-corrected chi connectivity index (χ1v) is 10.8. The van der Waals surface area contributed by atoms with E-state index in [0.717, 1.165) is 42.5 Å². The molecule has 5 heterocycles. The molecule has 166 valence electrons. The lowest BCUT2D eigenvalue weighted by molar-refractivity contribution is 0.101. The first kappa shape index (κ1) is 20.4. The predicted octanol–water partition coefficient (Wildman–Crippen LogP) is 2.33. The minimum Gasteiger partial charge on any atom is -0.383 e. The highest BCUT2D eigenvalue weighted by atomic mass is 16.2. The number of anilines is 2. The molecule has 0 radical (unpaired) electrons. The van der Waals surface area contributed by atoms with E-state index in [2.05, 4.69) is 26.0 Å². The molecule has 0 aliphatic carbocycles. The average Bonchev–Trinajstić information content (AvgIpc) is 3.36. The van der Waals surface area contributed by atoms with Gasteiger partial charge in [0.1, 0.15) is 11.6 Å². The number of ketones is 1. The summed E-state index contributed by atoms with van der Waals surface area (Å²) in [4.78, 5) is 33.3. The molecule has 2 atom stereocenters. The number of amides is 2. The van der Waals surface area contributed by atoms with Crippen LogP contribution in [0.3, 0.4) is 0 Å². The van der Waals surface area contributed by atoms with Gasteiger partial charge in [-0.15, -0.1) is 0 Å². The molecule has 10 nitrogen and oxygen atoms in total. The standard InChI is InChI=1S/C22H26N8O2/c1-11(31)18-19(13-7-14-4-5-15(8-13)27-14)29-21-16(10-26-30(21)20(18)23)12-3-6-17(25-9-12)28-22(32)24-2/h3,6,9-10,13-15,27H,4-5,7-8,23H2,1-2H3,(H2,24,25,28,32). The van der Waals surface area contributed by atoms with Crippen molar-refractivity contribution in [2.45, 2.75) is 50.6 Å². The predicted molar refractivity (Wildman–Crippen MR) is 121 cm³/mol. The number of aromatic nitrogens is 4. The van der Waals surface area contributed by atoms with Gasteiger partial charge in [-0.1, -0.05) is 0 Å². The zero-order valence-electron chi connectivity index (χ0n) is 18.1. The van der Waals surface area contributed by atoms with Gasteiger partial charge in [0.05, 0.1) is 17.5 Å². The van der Waals surface area contributed by atoms with Crippen molar-refractivity contribution in [2.24, 2.45) is 0 Å². The Morgan fingerprint density at radius 1 is 1.19 bits per heavy atom. The van der Waals surface area contributed by atoms with E-state index >= 15 is 0 Å². The number of hydrogen-bond acceptors (Lipinski definition) is 7. The van der Waals surface area contributed by atoms with Crippen LogP contribution in [0.25, 0.3) is 16.8 Å². The van der Waals surface area contributed by atoms with Crippen molar-refractivity contribution in [3.05, 3.63) is 35.8 Å². The molecule has 3 aromatic heterocycles. The summed E-state index contributed by atoms with van der Waals surface area (Å²) in [6.45, 7) is 1.53. The number of nitrogens with one attached hydrogen (secondary N) is 3.